The van der Waals surface area contributed by atoms with Crippen molar-refractivity contribution in [2.24, 2.45) is 0 Å². The molecule has 96 valence electrons. The van der Waals surface area contributed by atoms with Gasteiger partial charge in [-0.2, -0.15) is 9.38 Å². The van der Waals surface area contributed by atoms with Gasteiger partial charge in [0.1, 0.15) is 0 Å². The van der Waals surface area contributed by atoms with E-state index in [0.717, 1.165) is 12.2 Å². The first-order chi connectivity index (χ1) is 9.01. The molecule has 19 heavy (non-hydrogen) atoms. The van der Waals surface area contributed by atoms with Crippen LogP contribution < -0.4 is 0 Å². The van der Waals surface area contributed by atoms with E-state index in [0.29, 0.717) is 0 Å². The van der Waals surface area contributed by atoms with Crippen LogP contribution >= 0.6 is 0 Å². The van der Waals surface area contributed by atoms with Gasteiger partial charge >= 0.3 is 11.8 Å². The van der Waals surface area contributed by atoms with Gasteiger partial charge in [-0.15, -0.1) is 0 Å². The Morgan fingerprint density at radius 3 is 2.89 bits per heavy atom. The molecule has 0 aliphatic carbocycles. The summed E-state index contributed by atoms with van der Waals surface area (Å²) in [4.78, 5) is 25.5. The van der Waals surface area contributed by atoms with Crippen LogP contribution in [0.25, 0.3) is 5.65 Å². The summed E-state index contributed by atoms with van der Waals surface area (Å²) >= 11 is 0. The molecule has 8 heteroatoms. The molecule has 1 N–H and O–H groups in total. The molecule has 1 unspecified atom stereocenters. The molecule has 1 atom stereocenters. The Morgan fingerprint density at radius 2 is 2.26 bits per heavy atom. The van der Waals surface area contributed by atoms with Crippen molar-refractivity contribution >= 4 is 17.4 Å². The van der Waals surface area contributed by atoms with Crippen molar-refractivity contribution in [3.8, 4) is 0 Å². The SMILES string of the molecule is O=C1C=CC(O)(c2nc3ccccn3c2[N+](=O)[O-])O1. The second-order valence-electron chi connectivity index (χ2n) is 3.92. The van der Waals surface area contributed by atoms with Crippen LogP contribution in [0.1, 0.15) is 5.69 Å². The summed E-state index contributed by atoms with van der Waals surface area (Å²) in [6.07, 6.45) is 3.46. The smallest absolute Gasteiger partial charge is 0.358 e. The molecule has 0 amide bonds. The molecule has 0 saturated carbocycles. The molecule has 0 radical (unpaired) electrons. The van der Waals surface area contributed by atoms with E-state index in [-0.39, 0.29) is 11.3 Å². The topological polar surface area (TPSA) is 107 Å². The Morgan fingerprint density at radius 1 is 1.47 bits per heavy atom. The number of ether oxygens (including phenoxy) is 1. The Kier molecular flexibility index (Phi) is 2.17. The molecule has 0 bridgehead atoms. The molecular weight excluding hydrogens is 254 g/mol. The fraction of sp³-hybridized carbons (Fsp3) is 0.0909. The Hall–Kier alpha value is -2.74. The van der Waals surface area contributed by atoms with E-state index in [4.69, 9.17) is 0 Å². The summed E-state index contributed by atoms with van der Waals surface area (Å²) in [6.45, 7) is 0. The summed E-state index contributed by atoms with van der Waals surface area (Å²) < 4.78 is 5.88. The maximum Gasteiger partial charge on any atom is 0.358 e. The van der Waals surface area contributed by atoms with E-state index >= 15 is 0 Å². The first-order valence-corrected chi connectivity index (χ1v) is 5.28. The average Bonchev–Trinajstić information content (AvgIpc) is 2.91. The second kappa shape index (κ2) is 3.62. The number of nitrogens with zero attached hydrogens (tertiary/aromatic N) is 3. The normalized spacial score (nSPS) is 21.8. The monoisotopic (exact) mass is 261 g/mol. The van der Waals surface area contributed by atoms with Crippen molar-refractivity contribution in [2.45, 2.75) is 5.79 Å². The molecule has 3 rings (SSSR count). The summed E-state index contributed by atoms with van der Waals surface area (Å²) in [7, 11) is 0. The molecule has 0 saturated heterocycles. The number of cyclic esters (lactones) is 1. The van der Waals surface area contributed by atoms with Crippen molar-refractivity contribution in [1.82, 2.24) is 9.38 Å². The molecule has 0 aromatic carbocycles. The highest BCUT2D eigenvalue weighted by Crippen LogP contribution is 2.35. The Balaban J connectivity index is 2.29. The fourth-order valence-corrected chi connectivity index (χ4v) is 1.93. The lowest BCUT2D eigenvalue weighted by Gasteiger charge is -2.16. The fourth-order valence-electron chi connectivity index (χ4n) is 1.93. The van der Waals surface area contributed by atoms with Crippen LogP contribution in [0.2, 0.25) is 0 Å². The predicted octanol–water partition coefficient (Wildman–Crippen LogP) is 0.501. The number of nitro groups is 1. The minimum Gasteiger partial charge on any atom is -0.420 e. The average molecular weight is 261 g/mol. The van der Waals surface area contributed by atoms with Gasteiger partial charge in [-0.25, -0.2) is 4.79 Å². The third-order valence-corrected chi connectivity index (χ3v) is 2.72. The number of imidazole rings is 1. The molecule has 2 aromatic heterocycles. The maximum atomic E-state index is 11.1. The zero-order valence-corrected chi connectivity index (χ0v) is 9.39. The third kappa shape index (κ3) is 1.58. The van der Waals surface area contributed by atoms with Crippen LogP contribution in [0.3, 0.4) is 0 Å². The van der Waals surface area contributed by atoms with Gasteiger partial charge in [0.15, 0.2) is 0 Å². The number of carbonyl (C=O) groups is 1. The summed E-state index contributed by atoms with van der Waals surface area (Å²) in [5.74, 6) is -3.43. The number of pyridine rings is 1. The van der Waals surface area contributed by atoms with Gasteiger partial charge in [0.25, 0.3) is 5.79 Å². The standard InChI is InChI=1S/C11H7N3O5/c15-8-4-5-11(16,19-8)9-10(14(17)18)13-6-2-1-3-7(13)12-9/h1-6,16H. The lowest BCUT2D eigenvalue weighted by Crippen LogP contribution is -2.26. The third-order valence-electron chi connectivity index (χ3n) is 2.72. The Labute approximate surface area is 105 Å². The molecule has 2 aromatic rings. The van der Waals surface area contributed by atoms with Crippen LogP contribution in [0.4, 0.5) is 5.82 Å². The highest BCUT2D eigenvalue weighted by molar-refractivity contribution is 5.85. The van der Waals surface area contributed by atoms with Crippen LogP contribution in [0.15, 0.2) is 36.5 Å². The van der Waals surface area contributed by atoms with E-state index < -0.39 is 22.5 Å². The lowest BCUT2D eigenvalue weighted by atomic mass is 10.2. The first-order valence-electron chi connectivity index (χ1n) is 5.28. The van der Waals surface area contributed by atoms with E-state index in [1.54, 1.807) is 18.2 Å². The van der Waals surface area contributed by atoms with Crippen LogP contribution in [-0.4, -0.2) is 25.4 Å². The zero-order valence-electron chi connectivity index (χ0n) is 9.39. The van der Waals surface area contributed by atoms with Gasteiger partial charge in [-0.1, -0.05) is 6.07 Å². The number of hydrogen-bond acceptors (Lipinski definition) is 6. The van der Waals surface area contributed by atoms with Crippen molar-refractivity contribution in [3.05, 3.63) is 52.4 Å². The van der Waals surface area contributed by atoms with Crippen molar-refractivity contribution in [2.75, 3.05) is 0 Å². The number of hydrogen-bond donors (Lipinski definition) is 1. The minimum absolute atomic E-state index is 0.272. The Bertz CT molecular complexity index is 735. The van der Waals surface area contributed by atoms with Gasteiger partial charge in [-0.05, 0) is 11.0 Å². The predicted molar refractivity (Wildman–Crippen MR) is 61.0 cm³/mol. The van der Waals surface area contributed by atoms with E-state index in [2.05, 4.69) is 9.72 Å². The number of fused-ring (bicyclic) bond motifs is 1. The van der Waals surface area contributed by atoms with E-state index in [1.807, 2.05) is 0 Å². The van der Waals surface area contributed by atoms with Crippen molar-refractivity contribution in [1.29, 1.82) is 0 Å². The van der Waals surface area contributed by atoms with Crippen LogP contribution in [-0.2, 0) is 15.3 Å². The molecular formula is C11H7N3O5. The highest BCUT2D eigenvalue weighted by Gasteiger charge is 2.44. The number of aromatic nitrogens is 2. The van der Waals surface area contributed by atoms with Crippen LogP contribution in [0.5, 0.6) is 0 Å². The van der Waals surface area contributed by atoms with Gasteiger partial charge in [0.2, 0.25) is 11.3 Å². The van der Waals surface area contributed by atoms with Gasteiger partial charge in [0.05, 0.1) is 6.20 Å². The van der Waals surface area contributed by atoms with Crippen molar-refractivity contribution in [3.63, 3.8) is 0 Å². The molecule has 1 aliphatic heterocycles. The van der Waals surface area contributed by atoms with E-state index in [1.165, 1.54) is 10.6 Å². The number of carbonyl (C=O) groups excluding carboxylic acids is 1. The summed E-state index contributed by atoms with van der Waals surface area (Å²) in [5.41, 5.74) is -0.0558. The summed E-state index contributed by atoms with van der Waals surface area (Å²) in [6, 6.07) is 4.78. The number of aliphatic hydroxyl groups is 1. The molecule has 1 aliphatic rings. The van der Waals surface area contributed by atoms with E-state index in [9.17, 15) is 20.0 Å². The number of rotatable bonds is 2. The van der Waals surface area contributed by atoms with Crippen molar-refractivity contribution < 1.29 is 19.6 Å². The van der Waals surface area contributed by atoms with Gasteiger partial charge in [-0.3, -0.25) is 0 Å². The second-order valence-corrected chi connectivity index (χ2v) is 3.92. The highest BCUT2D eigenvalue weighted by atomic mass is 16.7. The van der Waals surface area contributed by atoms with Gasteiger partial charge in [0, 0.05) is 18.2 Å². The largest absolute Gasteiger partial charge is 0.420 e. The molecule has 0 fully saturated rings. The zero-order chi connectivity index (χ0) is 13.6. The van der Waals surface area contributed by atoms with Crippen LogP contribution in [0, 0.1) is 10.1 Å². The first kappa shape index (κ1) is 11.4. The molecule has 8 nitrogen and oxygen atoms in total. The quantitative estimate of drug-likeness (QED) is 0.479. The summed E-state index contributed by atoms with van der Waals surface area (Å²) in [5, 5.41) is 21.3. The number of esters is 1. The maximum absolute atomic E-state index is 11.1. The molecule has 0 spiro atoms. The lowest BCUT2D eigenvalue weighted by molar-refractivity contribution is -0.393. The minimum atomic E-state index is -2.20. The molecule has 3 heterocycles. The van der Waals surface area contributed by atoms with Gasteiger partial charge < -0.3 is 20.0 Å².